The predicted molar refractivity (Wildman–Crippen MR) is 131 cm³/mol. The molecule has 0 saturated carbocycles. The Balaban J connectivity index is 1.73. The van der Waals surface area contributed by atoms with E-state index >= 15 is 0 Å². The van der Waals surface area contributed by atoms with Crippen molar-refractivity contribution in [3.8, 4) is 17.0 Å². The predicted octanol–water partition coefficient (Wildman–Crippen LogP) is 3.85. The zero-order chi connectivity index (χ0) is 25.7. The van der Waals surface area contributed by atoms with E-state index in [-0.39, 0.29) is 24.0 Å². The van der Waals surface area contributed by atoms with E-state index in [4.69, 9.17) is 0 Å². The number of aliphatic hydroxyl groups excluding tert-OH is 1. The molecule has 4 aromatic rings. The third-order valence-corrected chi connectivity index (χ3v) is 5.75. The molecule has 2 aromatic carbocycles. The van der Waals surface area contributed by atoms with Crippen molar-refractivity contribution in [3.63, 3.8) is 0 Å². The minimum Gasteiger partial charge on any atom is -0.506 e. The summed E-state index contributed by atoms with van der Waals surface area (Å²) < 4.78 is 29.1. The molecule has 2 aromatic heterocycles. The van der Waals surface area contributed by atoms with Gasteiger partial charge in [0, 0.05) is 48.7 Å². The molecule has 186 valence electrons. The normalized spacial score (nSPS) is 11.8. The van der Waals surface area contributed by atoms with Gasteiger partial charge in [-0.15, -0.1) is 0 Å². The summed E-state index contributed by atoms with van der Waals surface area (Å²) in [5.41, 5.74) is 3.65. The van der Waals surface area contributed by atoms with Gasteiger partial charge in [0.05, 0.1) is 18.0 Å². The molecule has 8 nitrogen and oxygen atoms in total. The van der Waals surface area contributed by atoms with Crippen LogP contribution in [0.5, 0.6) is 5.75 Å². The lowest BCUT2D eigenvalue weighted by Crippen LogP contribution is -2.20. The van der Waals surface area contributed by atoms with E-state index in [9.17, 15) is 23.8 Å². The Bertz CT molecular complexity index is 1380. The van der Waals surface area contributed by atoms with Crippen LogP contribution in [0.3, 0.4) is 0 Å². The smallest absolute Gasteiger partial charge is 0.227 e. The SMILES string of the molecule is Cc1cnc(Nc2ccc(F)cc2O)nc1-c1cc(C(CO)c2cccc(F)c2)n(CCNC=O)c1. The summed E-state index contributed by atoms with van der Waals surface area (Å²) in [6, 6.07) is 11.5. The molecule has 10 heteroatoms. The number of phenols is 1. The van der Waals surface area contributed by atoms with Crippen LogP contribution in [-0.4, -0.2) is 44.3 Å². The van der Waals surface area contributed by atoms with Crippen LogP contribution in [0.1, 0.15) is 22.7 Å². The summed E-state index contributed by atoms with van der Waals surface area (Å²) in [6.45, 7) is 2.35. The highest BCUT2D eigenvalue weighted by Gasteiger charge is 2.21. The van der Waals surface area contributed by atoms with Gasteiger partial charge < -0.3 is 25.4 Å². The number of aromatic nitrogens is 3. The number of hydrogen-bond donors (Lipinski definition) is 4. The molecule has 1 atom stereocenters. The van der Waals surface area contributed by atoms with Gasteiger partial charge >= 0.3 is 0 Å². The third-order valence-electron chi connectivity index (χ3n) is 5.75. The van der Waals surface area contributed by atoms with Crippen molar-refractivity contribution in [2.45, 2.75) is 19.4 Å². The van der Waals surface area contributed by atoms with E-state index in [0.717, 1.165) is 22.9 Å². The first-order chi connectivity index (χ1) is 17.4. The van der Waals surface area contributed by atoms with Gasteiger partial charge in [0.2, 0.25) is 12.4 Å². The van der Waals surface area contributed by atoms with Crippen molar-refractivity contribution < 1.29 is 23.8 Å². The molecule has 1 amide bonds. The van der Waals surface area contributed by atoms with Crippen molar-refractivity contribution in [3.05, 3.63) is 89.4 Å². The number of amides is 1. The number of hydrogen-bond acceptors (Lipinski definition) is 6. The van der Waals surface area contributed by atoms with Crippen molar-refractivity contribution in [1.29, 1.82) is 0 Å². The van der Waals surface area contributed by atoms with Crippen LogP contribution in [0, 0.1) is 18.6 Å². The minimum atomic E-state index is -0.571. The highest BCUT2D eigenvalue weighted by atomic mass is 19.1. The van der Waals surface area contributed by atoms with Gasteiger partial charge in [0.1, 0.15) is 17.4 Å². The summed E-state index contributed by atoms with van der Waals surface area (Å²) in [6.07, 6.45) is 4.07. The largest absolute Gasteiger partial charge is 0.506 e. The second-order valence-corrected chi connectivity index (χ2v) is 8.22. The van der Waals surface area contributed by atoms with E-state index in [0.29, 0.717) is 30.8 Å². The van der Waals surface area contributed by atoms with Crippen molar-refractivity contribution in [2.75, 3.05) is 18.5 Å². The molecule has 4 N–H and O–H groups in total. The molecular weight excluding hydrogens is 468 g/mol. The maximum Gasteiger partial charge on any atom is 0.227 e. The number of phenolic OH excluding ortho intramolecular Hbond substituents is 1. The number of nitrogens with zero attached hydrogens (tertiary/aromatic N) is 3. The van der Waals surface area contributed by atoms with E-state index in [1.807, 2.05) is 23.8 Å². The monoisotopic (exact) mass is 493 g/mol. The molecule has 1 unspecified atom stereocenters. The second-order valence-electron chi connectivity index (χ2n) is 8.22. The summed E-state index contributed by atoms with van der Waals surface area (Å²) in [4.78, 5) is 19.6. The van der Waals surface area contributed by atoms with E-state index < -0.39 is 17.6 Å². The van der Waals surface area contributed by atoms with Crippen molar-refractivity contribution >= 4 is 18.0 Å². The molecule has 36 heavy (non-hydrogen) atoms. The molecule has 0 bridgehead atoms. The summed E-state index contributed by atoms with van der Waals surface area (Å²) in [5, 5.41) is 25.7. The molecule has 4 rings (SSSR count). The van der Waals surface area contributed by atoms with Crippen LogP contribution in [0.4, 0.5) is 20.4 Å². The second kappa shape index (κ2) is 11.0. The molecule has 0 radical (unpaired) electrons. The Morgan fingerprint density at radius 3 is 2.67 bits per heavy atom. The zero-order valence-electron chi connectivity index (χ0n) is 19.4. The van der Waals surface area contributed by atoms with E-state index in [2.05, 4.69) is 20.6 Å². The topological polar surface area (TPSA) is 112 Å². The van der Waals surface area contributed by atoms with Crippen LogP contribution in [0.25, 0.3) is 11.3 Å². The maximum atomic E-state index is 13.9. The fraction of sp³-hybridized carbons (Fsp3) is 0.192. The van der Waals surface area contributed by atoms with Gasteiger partial charge in [0.15, 0.2) is 0 Å². The molecule has 0 aliphatic rings. The van der Waals surface area contributed by atoms with Crippen LogP contribution < -0.4 is 10.6 Å². The quantitative estimate of drug-likeness (QED) is 0.152. The Kier molecular flexibility index (Phi) is 7.55. The maximum absolute atomic E-state index is 13.9. The molecular formula is C26H25F2N5O3. The average Bonchev–Trinajstić information content (AvgIpc) is 3.26. The number of aliphatic hydroxyl groups is 1. The van der Waals surface area contributed by atoms with Crippen LogP contribution in [0.2, 0.25) is 0 Å². The molecule has 2 heterocycles. The van der Waals surface area contributed by atoms with E-state index in [1.165, 1.54) is 24.3 Å². The van der Waals surface area contributed by atoms with Gasteiger partial charge in [-0.1, -0.05) is 12.1 Å². The van der Waals surface area contributed by atoms with Gasteiger partial charge in [0.25, 0.3) is 0 Å². The Labute approximate surface area is 206 Å². The highest BCUT2D eigenvalue weighted by Crippen LogP contribution is 2.32. The van der Waals surface area contributed by atoms with Gasteiger partial charge in [-0.2, -0.15) is 0 Å². The number of rotatable bonds is 10. The van der Waals surface area contributed by atoms with Crippen LogP contribution in [-0.2, 0) is 11.3 Å². The fourth-order valence-electron chi connectivity index (χ4n) is 4.01. The number of benzene rings is 2. The standard InChI is InChI=1S/C26H25F2N5O3/c1-16-12-30-26(31-22-6-5-20(28)11-24(22)36)32-25(16)18-10-23(33(13-18)8-7-29-15-35)21(14-34)17-3-2-4-19(27)9-17/h2-6,9-13,15,21,34,36H,7-8,14H2,1H3,(H,29,35)(H,30,31,32). The number of halogens is 2. The minimum absolute atomic E-state index is 0.193. The molecule has 0 aliphatic carbocycles. The van der Waals surface area contributed by atoms with Gasteiger partial charge in [-0.3, -0.25) is 4.79 Å². The molecule has 0 fully saturated rings. The first kappa shape index (κ1) is 24.8. The molecule has 0 saturated heterocycles. The zero-order valence-corrected chi connectivity index (χ0v) is 19.4. The summed E-state index contributed by atoms with van der Waals surface area (Å²) in [7, 11) is 0. The summed E-state index contributed by atoms with van der Waals surface area (Å²) >= 11 is 0. The number of nitrogens with one attached hydrogen (secondary N) is 2. The van der Waals surface area contributed by atoms with Crippen molar-refractivity contribution in [1.82, 2.24) is 19.9 Å². The van der Waals surface area contributed by atoms with E-state index in [1.54, 1.807) is 18.3 Å². The number of carbonyl (C=O) groups excluding carboxylic acids is 1. The number of aryl methyl sites for hydroxylation is 1. The van der Waals surface area contributed by atoms with Crippen LogP contribution >= 0.6 is 0 Å². The Hall–Kier alpha value is -4.31. The molecule has 0 aliphatic heterocycles. The Morgan fingerprint density at radius 2 is 1.94 bits per heavy atom. The number of carbonyl (C=O) groups is 1. The average molecular weight is 494 g/mol. The first-order valence-electron chi connectivity index (χ1n) is 11.2. The lowest BCUT2D eigenvalue weighted by Gasteiger charge is -2.18. The Morgan fingerprint density at radius 1 is 1.14 bits per heavy atom. The van der Waals surface area contributed by atoms with Gasteiger partial charge in [-0.05, 0) is 48.4 Å². The highest BCUT2D eigenvalue weighted by molar-refractivity contribution is 5.67. The number of anilines is 2. The number of aromatic hydroxyl groups is 1. The van der Waals surface area contributed by atoms with Crippen LogP contribution in [0.15, 0.2) is 60.9 Å². The third kappa shape index (κ3) is 5.49. The lowest BCUT2D eigenvalue weighted by atomic mass is 9.95. The van der Waals surface area contributed by atoms with Gasteiger partial charge in [-0.25, -0.2) is 18.7 Å². The fourth-order valence-corrected chi connectivity index (χ4v) is 4.01. The molecule has 0 spiro atoms. The summed E-state index contributed by atoms with van der Waals surface area (Å²) in [5.74, 6) is -1.57. The lowest BCUT2D eigenvalue weighted by molar-refractivity contribution is -0.109. The first-order valence-corrected chi connectivity index (χ1v) is 11.2. The van der Waals surface area contributed by atoms with Crippen molar-refractivity contribution in [2.24, 2.45) is 0 Å².